The van der Waals surface area contributed by atoms with Crippen molar-refractivity contribution in [3.8, 4) is 0 Å². The third-order valence-electron chi connectivity index (χ3n) is 3.39. The Bertz CT molecular complexity index is 637. The SMILES string of the molecule is Cc1cccc(C(=O)Nc2ncnc3c2CCC3)c1. The third kappa shape index (κ3) is 2.34. The molecule has 1 heterocycles. The van der Waals surface area contributed by atoms with E-state index < -0.39 is 0 Å². The Balaban J connectivity index is 1.86. The fraction of sp³-hybridized carbons (Fsp3) is 0.267. The molecule has 1 aromatic carbocycles. The molecule has 1 amide bonds. The Labute approximate surface area is 111 Å². The van der Waals surface area contributed by atoms with E-state index in [2.05, 4.69) is 15.3 Å². The molecule has 0 aliphatic heterocycles. The molecule has 1 N–H and O–H groups in total. The van der Waals surface area contributed by atoms with Crippen molar-refractivity contribution in [1.82, 2.24) is 9.97 Å². The average Bonchev–Trinajstić information content (AvgIpc) is 2.88. The summed E-state index contributed by atoms with van der Waals surface area (Å²) < 4.78 is 0. The second-order valence-corrected chi connectivity index (χ2v) is 4.82. The van der Waals surface area contributed by atoms with Crippen LogP contribution in [0.3, 0.4) is 0 Å². The number of carbonyl (C=O) groups is 1. The Kier molecular flexibility index (Phi) is 2.99. The molecule has 1 aliphatic rings. The van der Waals surface area contributed by atoms with Crippen molar-refractivity contribution in [3.63, 3.8) is 0 Å². The maximum Gasteiger partial charge on any atom is 0.256 e. The van der Waals surface area contributed by atoms with Crippen LogP contribution in [-0.2, 0) is 12.8 Å². The van der Waals surface area contributed by atoms with E-state index in [0.29, 0.717) is 11.4 Å². The van der Waals surface area contributed by atoms with Crippen LogP contribution in [0, 0.1) is 6.92 Å². The van der Waals surface area contributed by atoms with Crippen molar-refractivity contribution in [2.75, 3.05) is 5.32 Å². The quantitative estimate of drug-likeness (QED) is 0.894. The topological polar surface area (TPSA) is 54.9 Å². The van der Waals surface area contributed by atoms with Gasteiger partial charge in [0.05, 0.1) is 0 Å². The van der Waals surface area contributed by atoms with Gasteiger partial charge in [-0.25, -0.2) is 9.97 Å². The lowest BCUT2D eigenvalue weighted by Crippen LogP contribution is -2.15. The molecule has 4 nitrogen and oxygen atoms in total. The number of aromatic nitrogens is 2. The summed E-state index contributed by atoms with van der Waals surface area (Å²) >= 11 is 0. The Morgan fingerprint density at radius 1 is 1.26 bits per heavy atom. The van der Waals surface area contributed by atoms with Gasteiger partial charge in [-0.3, -0.25) is 4.79 Å². The van der Waals surface area contributed by atoms with E-state index in [0.717, 1.165) is 36.1 Å². The van der Waals surface area contributed by atoms with Crippen molar-refractivity contribution in [1.29, 1.82) is 0 Å². The first kappa shape index (κ1) is 11.8. The molecule has 0 spiro atoms. The molecule has 0 saturated carbocycles. The van der Waals surface area contributed by atoms with E-state index in [1.165, 1.54) is 6.33 Å². The maximum atomic E-state index is 12.2. The summed E-state index contributed by atoms with van der Waals surface area (Å²) in [6.07, 6.45) is 4.53. The minimum Gasteiger partial charge on any atom is -0.306 e. The summed E-state index contributed by atoms with van der Waals surface area (Å²) in [5.74, 6) is 0.547. The Morgan fingerprint density at radius 2 is 2.16 bits per heavy atom. The first-order valence-corrected chi connectivity index (χ1v) is 6.45. The molecule has 0 atom stereocenters. The van der Waals surface area contributed by atoms with E-state index in [1.807, 2.05) is 31.2 Å². The van der Waals surface area contributed by atoms with Gasteiger partial charge in [0.15, 0.2) is 0 Å². The van der Waals surface area contributed by atoms with Gasteiger partial charge in [-0.2, -0.15) is 0 Å². The molecule has 1 aliphatic carbocycles. The van der Waals surface area contributed by atoms with Gasteiger partial charge in [-0.05, 0) is 38.3 Å². The standard InChI is InChI=1S/C15H15N3O/c1-10-4-2-5-11(8-10)15(19)18-14-12-6-3-7-13(12)16-9-17-14/h2,4-5,8-9H,3,6-7H2,1H3,(H,16,17,18,19). The Hall–Kier alpha value is -2.23. The van der Waals surface area contributed by atoms with E-state index in [4.69, 9.17) is 0 Å². The zero-order chi connectivity index (χ0) is 13.2. The maximum absolute atomic E-state index is 12.2. The van der Waals surface area contributed by atoms with Crippen LogP contribution in [0.1, 0.15) is 33.6 Å². The molecule has 0 saturated heterocycles. The van der Waals surface area contributed by atoms with Gasteiger partial charge in [0.25, 0.3) is 5.91 Å². The zero-order valence-electron chi connectivity index (χ0n) is 10.8. The molecule has 4 heteroatoms. The first-order chi connectivity index (χ1) is 9.24. The number of anilines is 1. The monoisotopic (exact) mass is 253 g/mol. The van der Waals surface area contributed by atoms with Gasteiger partial charge in [0, 0.05) is 16.8 Å². The minimum atomic E-state index is -0.114. The minimum absolute atomic E-state index is 0.114. The van der Waals surface area contributed by atoms with Crippen LogP contribution in [0.5, 0.6) is 0 Å². The molecule has 1 aromatic heterocycles. The van der Waals surface area contributed by atoms with E-state index >= 15 is 0 Å². The normalized spacial score (nSPS) is 13.1. The third-order valence-corrected chi connectivity index (χ3v) is 3.39. The van der Waals surface area contributed by atoms with E-state index in [1.54, 1.807) is 0 Å². The zero-order valence-corrected chi connectivity index (χ0v) is 10.8. The van der Waals surface area contributed by atoms with Crippen molar-refractivity contribution < 1.29 is 4.79 Å². The predicted octanol–water partition coefficient (Wildman–Crippen LogP) is 2.53. The lowest BCUT2D eigenvalue weighted by atomic mass is 10.1. The van der Waals surface area contributed by atoms with Gasteiger partial charge < -0.3 is 5.32 Å². The van der Waals surface area contributed by atoms with Gasteiger partial charge in [-0.15, -0.1) is 0 Å². The average molecular weight is 253 g/mol. The number of carbonyl (C=O) groups excluding carboxylic acids is 1. The second-order valence-electron chi connectivity index (χ2n) is 4.82. The number of amides is 1. The largest absolute Gasteiger partial charge is 0.306 e. The summed E-state index contributed by atoms with van der Waals surface area (Å²) in [5.41, 5.74) is 3.88. The number of benzene rings is 1. The van der Waals surface area contributed by atoms with Gasteiger partial charge in [0.2, 0.25) is 0 Å². The van der Waals surface area contributed by atoms with Gasteiger partial charge in [0.1, 0.15) is 12.1 Å². The number of rotatable bonds is 2. The molecular weight excluding hydrogens is 238 g/mol. The molecule has 19 heavy (non-hydrogen) atoms. The predicted molar refractivity (Wildman–Crippen MR) is 73.2 cm³/mol. The highest BCUT2D eigenvalue weighted by molar-refractivity contribution is 6.04. The molecular formula is C15H15N3O. The van der Waals surface area contributed by atoms with Crippen molar-refractivity contribution in [2.45, 2.75) is 26.2 Å². The summed E-state index contributed by atoms with van der Waals surface area (Å²) in [4.78, 5) is 20.6. The molecule has 3 rings (SSSR count). The van der Waals surface area contributed by atoms with Crippen LogP contribution >= 0.6 is 0 Å². The number of fused-ring (bicyclic) bond motifs is 1. The number of hydrogen-bond acceptors (Lipinski definition) is 3. The summed E-state index contributed by atoms with van der Waals surface area (Å²) in [7, 11) is 0. The van der Waals surface area contributed by atoms with Crippen molar-refractivity contribution >= 4 is 11.7 Å². The lowest BCUT2D eigenvalue weighted by molar-refractivity contribution is 0.102. The second kappa shape index (κ2) is 4.80. The van der Waals surface area contributed by atoms with Crippen LogP contribution in [0.4, 0.5) is 5.82 Å². The molecule has 2 aromatic rings. The fourth-order valence-electron chi connectivity index (χ4n) is 2.43. The number of nitrogens with one attached hydrogen (secondary N) is 1. The highest BCUT2D eigenvalue weighted by Crippen LogP contribution is 2.25. The number of aryl methyl sites for hydroxylation is 2. The van der Waals surface area contributed by atoms with Crippen LogP contribution in [-0.4, -0.2) is 15.9 Å². The first-order valence-electron chi connectivity index (χ1n) is 6.45. The van der Waals surface area contributed by atoms with Crippen molar-refractivity contribution in [2.24, 2.45) is 0 Å². The smallest absolute Gasteiger partial charge is 0.256 e. The lowest BCUT2D eigenvalue weighted by Gasteiger charge is -2.08. The fourth-order valence-corrected chi connectivity index (χ4v) is 2.43. The molecule has 0 bridgehead atoms. The molecule has 0 radical (unpaired) electrons. The van der Waals surface area contributed by atoms with Gasteiger partial charge >= 0.3 is 0 Å². The number of hydrogen-bond donors (Lipinski definition) is 1. The molecule has 0 fully saturated rings. The summed E-state index contributed by atoms with van der Waals surface area (Å²) in [6.45, 7) is 1.97. The van der Waals surface area contributed by atoms with E-state index in [-0.39, 0.29) is 5.91 Å². The molecule has 96 valence electrons. The summed E-state index contributed by atoms with van der Waals surface area (Å²) in [6, 6.07) is 7.54. The summed E-state index contributed by atoms with van der Waals surface area (Å²) in [5, 5.41) is 2.90. The van der Waals surface area contributed by atoms with Crippen LogP contribution in [0.15, 0.2) is 30.6 Å². The van der Waals surface area contributed by atoms with Crippen LogP contribution in [0.2, 0.25) is 0 Å². The molecule has 0 unspecified atom stereocenters. The Morgan fingerprint density at radius 3 is 3.00 bits per heavy atom. The highest BCUT2D eigenvalue weighted by atomic mass is 16.1. The number of nitrogens with zero attached hydrogens (tertiary/aromatic N) is 2. The van der Waals surface area contributed by atoms with E-state index in [9.17, 15) is 4.79 Å². The highest BCUT2D eigenvalue weighted by Gasteiger charge is 2.18. The van der Waals surface area contributed by atoms with Gasteiger partial charge in [-0.1, -0.05) is 17.7 Å². The van der Waals surface area contributed by atoms with Crippen LogP contribution < -0.4 is 5.32 Å². The van der Waals surface area contributed by atoms with Crippen LogP contribution in [0.25, 0.3) is 0 Å². The van der Waals surface area contributed by atoms with Crippen molar-refractivity contribution in [3.05, 3.63) is 53.0 Å².